The van der Waals surface area contributed by atoms with Crippen molar-refractivity contribution in [3.63, 3.8) is 0 Å². The van der Waals surface area contributed by atoms with Crippen molar-refractivity contribution < 1.29 is 22.8 Å². The van der Waals surface area contributed by atoms with Crippen molar-refractivity contribution in [2.75, 3.05) is 36.4 Å². The number of hydrogen-bond donors (Lipinski definition) is 1. The molecule has 2 amide bonds. The number of carbonyl (C=O) groups is 2. The molecule has 2 aromatic carbocycles. The van der Waals surface area contributed by atoms with E-state index in [1.165, 1.54) is 17.4 Å². The molecule has 0 bridgehead atoms. The summed E-state index contributed by atoms with van der Waals surface area (Å²) in [5.74, 6) is -0.324. The first kappa shape index (κ1) is 28.4. The maximum atomic E-state index is 13.4. The number of nitrogens with one attached hydrogen (secondary N) is 1. The Bertz CT molecular complexity index is 1370. The Morgan fingerprint density at radius 3 is 2.48 bits per heavy atom. The maximum Gasteiger partial charge on any atom is 0.416 e. The molecule has 0 unspecified atom stereocenters. The topological polar surface area (TPSA) is 65.5 Å². The number of rotatable bonds is 7. The molecule has 11 heteroatoms. The van der Waals surface area contributed by atoms with Crippen LogP contribution in [0.3, 0.4) is 0 Å². The molecule has 5 rings (SSSR count). The minimum Gasteiger partial charge on any atom is -0.370 e. The highest BCUT2D eigenvalue weighted by Gasteiger charge is 2.32. The first-order chi connectivity index (χ1) is 19.2. The van der Waals surface area contributed by atoms with Gasteiger partial charge in [0.05, 0.1) is 21.9 Å². The van der Waals surface area contributed by atoms with Crippen LogP contribution in [0.15, 0.2) is 47.8 Å². The van der Waals surface area contributed by atoms with Gasteiger partial charge < -0.3 is 15.1 Å². The molecule has 0 aliphatic carbocycles. The quantitative estimate of drug-likeness (QED) is 0.322. The van der Waals surface area contributed by atoms with Gasteiger partial charge in [-0.3, -0.25) is 9.59 Å². The molecular formula is C29H30ClF3N4O2S. The fraction of sp³-hybridized carbons (Fsp3) is 0.414. The van der Waals surface area contributed by atoms with Crippen LogP contribution >= 0.6 is 22.9 Å². The van der Waals surface area contributed by atoms with E-state index < -0.39 is 17.6 Å². The Hall–Kier alpha value is -3.11. The summed E-state index contributed by atoms with van der Waals surface area (Å²) in [5.41, 5.74) is 1.06. The smallest absolute Gasteiger partial charge is 0.370 e. The van der Waals surface area contributed by atoms with Gasteiger partial charge in [-0.15, -0.1) is 11.3 Å². The van der Waals surface area contributed by atoms with Gasteiger partial charge in [-0.25, -0.2) is 4.98 Å². The van der Waals surface area contributed by atoms with E-state index >= 15 is 0 Å². The predicted octanol–water partition coefficient (Wildman–Crippen LogP) is 7.01. The van der Waals surface area contributed by atoms with Crippen molar-refractivity contribution in [1.82, 2.24) is 9.88 Å². The molecule has 0 spiro atoms. The van der Waals surface area contributed by atoms with E-state index in [2.05, 4.69) is 10.3 Å². The summed E-state index contributed by atoms with van der Waals surface area (Å²) in [5, 5.41) is 5.80. The van der Waals surface area contributed by atoms with E-state index in [1.54, 1.807) is 5.38 Å². The van der Waals surface area contributed by atoms with Crippen LogP contribution < -0.4 is 10.2 Å². The van der Waals surface area contributed by atoms with Crippen molar-refractivity contribution in [2.45, 2.75) is 50.6 Å². The summed E-state index contributed by atoms with van der Waals surface area (Å²) < 4.78 is 40.2. The lowest BCUT2D eigenvalue weighted by molar-refractivity contribution is -0.137. The Balaban J connectivity index is 1.19. The molecule has 2 saturated heterocycles. The van der Waals surface area contributed by atoms with E-state index in [1.807, 2.05) is 34.1 Å². The molecule has 2 fully saturated rings. The number of aryl methyl sites for hydroxylation is 1. The highest BCUT2D eigenvalue weighted by Crippen LogP contribution is 2.37. The van der Waals surface area contributed by atoms with Crippen LogP contribution in [0.4, 0.5) is 24.5 Å². The van der Waals surface area contributed by atoms with Crippen LogP contribution in [0.2, 0.25) is 5.02 Å². The average molecular weight is 591 g/mol. The van der Waals surface area contributed by atoms with Crippen LogP contribution in [0, 0.1) is 0 Å². The summed E-state index contributed by atoms with van der Waals surface area (Å²) in [7, 11) is 0. The number of benzene rings is 2. The van der Waals surface area contributed by atoms with Gasteiger partial charge in [0.2, 0.25) is 5.91 Å². The molecule has 0 atom stereocenters. The largest absolute Gasteiger partial charge is 0.416 e. The highest BCUT2D eigenvalue weighted by atomic mass is 35.5. The minimum atomic E-state index is -4.51. The van der Waals surface area contributed by atoms with E-state index in [0.717, 1.165) is 61.5 Å². The van der Waals surface area contributed by atoms with Crippen molar-refractivity contribution in [3.8, 4) is 0 Å². The second-order valence-corrected chi connectivity index (χ2v) is 11.5. The molecule has 6 nitrogen and oxygen atoms in total. The molecule has 0 saturated carbocycles. The Morgan fingerprint density at radius 2 is 1.77 bits per heavy atom. The van der Waals surface area contributed by atoms with Crippen molar-refractivity contribution in [1.29, 1.82) is 0 Å². The molecule has 212 valence electrons. The number of aromatic nitrogens is 1. The minimum absolute atomic E-state index is 0.0902. The number of halogens is 4. The van der Waals surface area contributed by atoms with Crippen LogP contribution in [0.25, 0.3) is 0 Å². The number of anilines is 2. The zero-order valence-corrected chi connectivity index (χ0v) is 23.4. The van der Waals surface area contributed by atoms with Gasteiger partial charge in [-0.2, -0.15) is 13.2 Å². The van der Waals surface area contributed by atoms with Gasteiger partial charge in [0.1, 0.15) is 5.69 Å². The van der Waals surface area contributed by atoms with E-state index in [-0.39, 0.29) is 23.2 Å². The van der Waals surface area contributed by atoms with Crippen LogP contribution in [0.5, 0.6) is 0 Å². The maximum absolute atomic E-state index is 13.4. The third-order valence-corrected chi connectivity index (χ3v) is 8.91. The summed E-state index contributed by atoms with van der Waals surface area (Å²) in [6.45, 7) is 2.68. The fourth-order valence-corrected chi connectivity index (χ4v) is 6.49. The molecule has 1 N–H and O–H groups in total. The average Bonchev–Trinajstić information content (AvgIpc) is 3.65. The van der Waals surface area contributed by atoms with Crippen LogP contribution in [-0.4, -0.2) is 47.9 Å². The first-order valence-electron chi connectivity index (χ1n) is 13.4. The lowest BCUT2D eigenvalue weighted by Gasteiger charge is -2.31. The highest BCUT2D eigenvalue weighted by molar-refractivity contribution is 7.10. The number of piperidine rings is 1. The molecule has 3 heterocycles. The normalized spacial score (nSPS) is 16.4. The Kier molecular flexibility index (Phi) is 8.65. The zero-order valence-electron chi connectivity index (χ0n) is 21.8. The molecule has 2 aliphatic heterocycles. The summed E-state index contributed by atoms with van der Waals surface area (Å²) >= 11 is 7.58. The number of amides is 2. The number of nitrogens with zero attached hydrogens (tertiary/aromatic N) is 3. The third kappa shape index (κ3) is 6.61. The molecule has 2 aliphatic rings. The fourth-order valence-electron chi connectivity index (χ4n) is 5.29. The van der Waals surface area contributed by atoms with Gasteiger partial charge in [-0.05, 0) is 61.9 Å². The van der Waals surface area contributed by atoms with Gasteiger partial charge >= 0.3 is 6.18 Å². The van der Waals surface area contributed by atoms with E-state index in [4.69, 9.17) is 11.6 Å². The first-order valence-corrected chi connectivity index (χ1v) is 14.7. The van der Waals surface area contributed by atoms with Crippen molar-refractivity contribution in [2.24, 2.45) is 0 Å². The molecule has 0 radical (unpaired) electrons. The Labute approximate surface area is 240 Å². The predicted molar refractivity (Wildman–Crippen MR) is 151 cm³/mol. The zero-order chi connectivity index (χ0) is 28.3. The summed E-state index contributed by atoms with van der Waals surface area (Å²) in [4.78, 5) is 34.2. The number of hydrogen-bond acceptors (Lipinski definition) is 5. The van der Waals surface area contributed by atoms with E-state index in [9.17, 15) is 22.8 Å². The van der Waals surface area contributed by atoms with Gasteiger partial charge in [0, 0.05) is 48.9 Å². The molecule has 3 aromatic rings. The van der Waals surface area contributed by atoms with Crippen molar-refractivity contribution in [3.05, 3.63) is 74.7 Å². The van der Waals surface area contributed by atoms with Crippen LogP contribution in [0.1, 0.15) is 64.6 Å². The monoisotopic (exact) mass is 590 g/mol. The summed E-state index contributed by atoms with van der Waals surface area (Å²) in [6.07, 6.45) is -0.148. The summed E-state index contributed by atoms with van der Waals surface area (Å²) in [6, 6.07) is 11.0. The lowest BCUT2D eigenvalue weighted by Crippen LogP contribution is -2.38. The number of carbonyl (C=O) groups excluding carboxylic acids is 2. The standard InChI is InChI=1S/C29H30ClF3N4O2S/c30-22-6-2-1-5-19(22)7-10-26(38)37-15-11-20(12-16-37)28-35-24(18-40-28)27(39)34-23-17-21(29(31,32)33)8-9-25(23)36-13-3-4-14-36/h1-2,5-6,8-9,17-18,20H,3-4,7,10-16H2,(H,34,39). The number of thiazole rings is 1. The third-order valence-electron chi connectivity index (χ3n) is 7.54. The lowest BCUT2D eigenvalue weighted by atomic mass is 9.97. The van der Waals surface area contributed by atoms with Gasteiger partial charge in [-0.1, -0.05) is 29.8 Å². The molecule has 1 aromatic heterocycles. The van der Waals surface area contributed by atoms with Crippen molar-refractivity contribution >= 4 is 46.1 Å². The van der Waals surface area contributed by atoms with Crippen LogP contribution in [-0.2, 0) is 17.4 Å². The molecular weight excluding hydrogens is 561 g/mol. The number of alkyl halides is 3. The molecule has 40 heavy (non-hydrogen) atoms. The van der Waals surface area contributed by atoms with E-state index in [0.29, 0.717) is 36.6 Å². The SMILES string of the molecule is O=C(Nc1cc(C(F)(F)F)ccc1N1CCCC1)c1csc(C2CCN(C(=O)CCc3ccccc3Cl)CC2)n1. The second kappa shape index (κ2) is 12.2. The second-order valence-electron chi connectivity index (χ2n) is 10.2. The Morgan fingerprint density at radius 1 is 1.05 bits per heavy atom. The van der Waals surface area contributed by atoms with Gasteiger partial charge in [0.15, 0.2) is 0 Å². The van der Waals surface area contributed by atoms with Gasteiger partial charge in [0.25, 0.3) is 5.91 Å². The number of likely N-dealkylation sites (tertiary alicyclic amines) is 1.